The Balaban J connectivity index is 0.00000140. The summed E-state index contributed by atoms with van der Waals surface area (Å²) in [7, 11) is 0. The summed E-state index contributed by atoms with van der Waals surface area (Å²) in [5, 5.41) is 7.23. The number of nitrogens with zero attached hydrogens (tertiary/aromatic N) is 3. The molecule has 0 amide bonds. The Hall–Kier alpha value is -1.40. The molecule has 2 aliphatic heterocycles. The quantitative estimate of drug-likeness (QED) is 0.788. The molecule has 7 heteroatoms. The summed E-state index contributed by atoms with van der Waals surface area (Å²) < 4.78 is 0. The molecule has 1 aromatic heterocycles. The van der Waals surface area contributed by atoms with Crippen LogP contribution in [0.3, 0.4) is 0 Å². The first-order valence-electron chi connectivity index (χ1n) is 9.88. The van der Waals surface area contributed by atoms with Crippen molar-refractivity contribution in [2.24, 2.45) is 0 Å². The fourth-order valence-electron chi connectivity index (χ4n) is 4.06. The number of benzene rings is 1. The Labute approximate surface area is 180 Å². The van der Waals surface area contributed by atoms with Crippen LogP contribution in [-0.2, 0) is 19.4 Å². The molecule has 3 heterocycles. The van der Waals surface area contributed by atoms with Crippen LogP contribution < -0.4 is 10.6 Å². The first-order valence-corrected chi connectivity index (χ1v) is 9.88. The minimum Gasteiger partial charge on any atom is -0.367 e. The Kier molecular flexibility index (Phi) is 8.96. The molecular weight excluding hydrogens is 393 g/mol. The van der Waals surface area contributed by atoms with E-state index < -0.39 is 0 Å². The zero-order valence-corrected chi connectivity index (χ0v) is 18.1. The zero-order valence-electron chi connectivity index (χ0n) is 16.5. The average Bonchev–Trinajstić information content (AvgIpc) is 2.90. The molecule has 0 unspecified atom stereocenters. The zero-order chi connectivity index (χ0) is 17.8. The molecule has 0 atom stereocenters. The third kappa shape index (κ3) is 5.80. The van der Waals surface area contributed by atoms with Crippen LogP contribution in [0.2, 0.25) is 0 Å². The maximum absolute atomic E-state index is 4.75. The smallest absolute Gasteiger partial charge is 0.133 e. The Morgan fingerprint density at radius 1 is 1.04 bits per heavy atom. The molecule has 0 spiro atoms. The molecule has 28 heavy (non-hydrogen) atoms. The molecule has 0 aliphatic carbocycles. The predicted molar refractivity (Wildman–Crippen MR) is 120 cm³/mol. The predicted octanol–water partition coefficient (Wildman–Crippen LogP) is 3.39. The van der Waals surface area contributed by atoms with Gasteiger partial charge in [-0.2, -0.15) is 0 Å². The van der Waals surface area contributed by atoms with Gasteiger partial charge in [0.15, 0.2) is 0 Å². The van der Waals surface area contributed by atoms with E-state index in [1.54, 1.807) is 0 Å². The van der Waals surface area contributed by atoms with Gasteiger partial charge in [0.05, 0.1) is 5.69 Å². The molecule has 1 saturated heterocycles. The number of hydrogen-bond acceptors (Lipinski definition) is 5. The van der Waals surface area contributed by atoms with E-state index in [-0.39, 0.29) is 24.8 Å². The monoisotopic (exact) mass is 423 g/mol. The van der Waals surface area contributed by atoms with Gasteiger partial charge in [-0.25, -0.2) is 9.97 Å². The van der Waals surface area contributed by atoms with Crippen LogP contribution in [0.25, 0.3) is 0 Å². The molecule has 0 saturated carbocycles. The van der Waals surface area contributed by atoms with E-state index >= 15 is 0 Å². The van der Waals surface area contributed by atoms with E-state index in [2.05, 4.69) is 50.8 Å². The summed E-state index contributed by atoms with van der Waals surface area (Å²) >= 11 is 0. The number of halogens is 2. The maximum atomic E-state index is 4.75. The SMILES string of the molecule is Cc1nc2c(c(NC3CCN(Cc4ccccc4)CC3)n1)CCNCC2.Cl.Cl. The van der Waals surface area contributed by atoms with E-state index in [1.165, 1.54) is 29.7 Å². The molecule has 1 fully saturated rings. The number of fused-ring (bicyclic) bond motifs is 1. The molecule has 0 radical (unpaired) electrons. The topological polar surface area (TPSA) is 53.1 Å². The van der Waals surface area contributed by atoms with Gasteiger partial charge >= 0.3 is 0 Å². The first-order chi connectivity index (χ1) is 12.8. The fraction of sp³-hybridized carbons (Fsp3) is 0.524. The van der Waals surface area contributed by atoms with Crippen molar-refractivity contribution in [1.82, 2.24) is 20.2 Å². The minimum atomic E-state index is 0. The van der Waals surface area contributed by atoms with Crippen LogP contribution in [0.15, 0.2) is 30.3 Å². The summed E-state index contributed by atoms with van der Waals surface area (Å²) in [5.74, 6) is 1.97. The van der Waals surface area contributed by atoms with E-state index in [9.17, 15) is 0 Å². The van der Waals surface area contributed by atoms with Gasteiger partial charge in [-0.05, 0) is 38.3 Å². The standard InChI is InChI=1S/C21H29N5.2ClH/c1-16-23-20-8-12-22-11-7-19(20)21(24-16)25-18-9-13-26(14-10-18)15-17-5-3-2-4-6-17;;/h2-6,18,22H,7-15H2,1H3,(H,23,24,25);2*1H. The number of aromatic nitrogens is 2. The molecule has 2 N–H and O–H groups in total. The number of rotatable bonds is 4. The van der Waals surface area contributed by atoms with Crippen molar-refractivity contribution in [3.63, 3.8) is 0 Å². The van der Waals surface area contributed by atoms with Gasteiger partial charge in [0, 0.05) is 44.2 Å². The summed E-state index contributed by atoms with van der Waals surface area (Å²) in [6, 6.07) is 11.3. The highest BCUT2D eigenvalue weighted by Gasteiger charge is 2.22. The number of hydrogen-bond donors (Lipinski definition) is 2. The van der Waals surface area contributed by atoms with Crippen molar-refractivity contribution in [2.75, 3.05) is 31.5 Å². The highest BCUT2D eigenvalue weighted by molar-refractivity contribution is 5.85. The van der Waals surface area contributed by atoms with Gasteiger partial charge in [0.2, 0.25) is 0 Å². The van der Waals surface area contributed by atoms with Crippen LogP contribution in [-0.4, -0.2) is 47.1 Å². The van der Waals surface area contributed by atoms with Crippen molar-refractivity contribution in [3.8, 4) is 0 Å². The second-order valence-corrected chi connectivity index (χ2v) is 7.48. The van der Waals surface area contributed by atoms with Crippen molar-refractivity contribution in [1.29, 1.82) is 0 Å². The lowest BCUT2D eigenvalue weighted by molar-refractivity contribution is 0.211. The third-order valence-corrected chi connectivity index (χ3v) is 5.47. The lowest BCUT2D eigenvalue weighted by Gasteiger charge is -2.33. The second-order valence-electron chi connectivity index (χ2n) is 7.48. The Morgan fingerprint density at radius 2 is 1.75 bits per heavy atom. The van der Waals surface area contributed by atoms with Gasteiger partial charge in [-0.1, -0.05) is 30.3 Å². The molecule has 2 aromatic rings. The largest absolute Gasteiger partial charge is 0.367 e. The molecule has 2 aliphatic rings. The summed E-state index contributed by atoms with van der Waals surface area (Å²) in [4.78, 5) is 12.0. The number of anilines is 1. The van der Waals surface area contributed by atoms with Crippen LogP contribution in [0.1, 0.15) is 35.5 Å². The number of nitrogens with one attached hydrogen (secondary N) is 2. The van der Waals surface area contributed by atoms with Crippen LogP contribution >= 0.6 is 24.8 Å². The van der Waals surface area contributed by atoms with Gasteiger partial charge in [0.1, 0.15) is 11.6 Å². The van der Waals surface area contributed by atoms with Crippen LogP contribution in [0.4, 0.5) is 5.82 Å². The maximum Gasteiger partial charge on any atom is 0.133 e. The average molecular weight is 424 g/mol. The molecule has 4 rings (SSSR count). The minimum absolute atomic E-state index is 0. The van der Waals surface area contributed by atoms with E-state index in [0.29, 0.717) is 6.04 Å². The lowest BCUT2D eigenvalue weighted by Crippen LogP contribution is -2.39. The van der Waals surface area contributed by atoms with Gasteiger partial charge in [-0.15, -0.1) is 24.8 Å². The Bertz CT molecular complexity index is 733. The van der Waals surface area contributed by atoms with Crippen LogP contribution in [0.5, 0.6) is 0 Å². The molecule has 154 valence electrons. The molecule has 1 aromatic carbocycles. The molecular formula is C21H31Cl2N5. The second kappa shape index (κ2) is 11.0. The number of piperidine rings is 1. The van der Waals surface area contributed by atoms with Gasteiger partial charge < -0.3 is 10.6 Å². The van der Waals surface area contributed by atoms with Gasteiger partial charge in [0.25, 0.3) is 0 Å². The van der Waals surface area contributed by atoms with Gasteiger partial charge in [-0.3, -0.25) is 4.90 Å². The first kappa shape index (κ1) is 22.9. The highest BCUT2D eigenvalue weighted by atomic mass is 35.5. The molecule has 5 nitrogen and oxygen atoms in total. The van der Waals surface area contributed by atoms with Crippen molar-refractivity contribution >= 4 is 30.6 Å². The summed E-state index contributed by atoms with van der Waals surface area (Å²) in [6.07, 6.45) is 4.36. The fourth-order valence-corrected chi connectivity index (χ4v) is 4.06. The van der Waals surface area contributed by atoms with E-state index in [1.807, 2.05) is 6.92 Å². The molecule has 0 bridgehead atoms. The number of aryl methyl sites for hydroxylation is 1. The third-order valence-electron chi connectivity index (χ3n) is 5.47. The highest BCUT2D eigenvalue weighted by Crippen LogP contribution is 2.23. The van der Waals surface area contributed by atoms with E-state index in [4.69, 9.17) is 4.98 Å². The summed E-state index contributed by atoms with van der Waals surface area (Å²) in [6.45, 7) is 7.37. The lowest BCUT2D eigenvalue weighted by atomic mass is 10.0. The van der Waals surface area contributed by atoms with E-state index in [0.717, 1.165) is 57.2 Å². The summed E-state index contributed by atoms with van der Waals surface area (Å²) in [5.41, 5.74) is 3.96. The van der Waals surface area contributed by atoms with Crippen LogP contribution in [0, 0.1) is 6.92 Å². The normalized spacial score (nSPS) is 17.6. The van der Waals surface area contributed by atoms with Crippen molar-refractivity contribution in [3.05, 3.63) is 53.0 Å². The Morgan fingerprint density at radius 3 is 2.50 bits per heavy atom. The van der Waals surface area contributed by atoms with Crippen molar-refractivity contribution in [2.45, 2.75) is 45.2 Å². The number of likely N-dealkylation sites (tertiary alicyclic amines) is 1. The van der Waals surface area contributed by atoms with Crippen molar-refractivity contribution < 1.29 is 0 Å².